The topological polar surface area (TPSA) is 84.7 Å². The van der Waals surface area contributed by atoms with Crippen molar-refractivity contribution in [1.82, 2.24) is 30.8 Å². The summed E-state index contributed by atoms with van der Waals surface area (Å²) in [6, 6.07) is 7.91. The highest BCUT2D eigenvalue weighted by Crippen LogP contribution is 2.17. The van der Waals surface area contributed by atoms with Crippen LogP contribution in [0.15, 0.2) is 30.6 Å². The van der Waals surface area contributed by atoms with Gasteiger partial charge < -0.3 is 10.6 Å². The number of para-hydroxylation sites is 1. The smallest absolute Gasteiger partial charge is 0.253 e. The molecule has 0 saturated heterocycles. The zero-order valence-electron chi connectivity index (χ0n) is 14.2. The zero-order valence-corrected chi connectivity index (χ0v) is 15.0. The van der Waals surface area contributed by atoms with E-state index in [0.717, 1.165) is 6.54 Å². The number of hydrogen-bond donors (Lipinski definition) is 2. The lowest BCUT2D eigenvalue weighted by atomic mass is 10.1. The quantitative estimate of drug-likeness (QED) is 0.606. The Balaban J connectivity index is 0.00000225. The van der Waals surface area contributed by atoms with Crippen LogP contribution in [0.3, 0.4) is 0 Å². The Hall–Kier alpha value is -1.99. The van der Waals surface area contributed by atoms with E-state index in [-0.39, 0.29) is 18.3 Å². The lowest BCUT2D eigenvalue weighted by Gasteiger charge is -2.16. The minimum atomic E-state index is -0.108. The second kappa shape index (κ2) is 10.1. The molecule has 1 amide bonds. The van der Waals surface area contributed by atoms with E-state index in [4.69, 9.17) is 0 Å². The molecular weight excluding hydrogens is 340 g/mol. The Kier molecular flexibility index (Phi) is 7.81. The second-order valence-electron chi connectivity index (χ2n) is 6.17. The van der Waals surface area contributed by atoms with Crippen LogP contribution in [0, 0.1) is 0 Å². The van der Waals surface area contributed by atoms with Crippen LogP contribution < -0.4 is 10.6 Å². The number of rotatable bonds is 6. The van der Waals surface area contributed by atoms with Gasteiger partial charge in [-0.2, -0.15) is 4.68 Å². The third-order valence-electron chi connectivity index (χ3n) is 4.44. The van der Waals surface area contributed by atoms with Crippen molar-refractivity contribution in [3.63, 3.8) is 0 Å². The van der Waals surface area contributed by atoms with Crippen molar-refractivity contribution in [1.29, 1.82) is 0 Å². The van der Waals surface area contributed by atoms with E-state index in [2.05, 4.69) is 26.2 Å². The molecule has 7 nitrogen and oxygen atoms in total. The van der Waals surface area contributed by atoms with E-state index in [9.17, 15) is 4.79 Å². The monoisotopic (exact) mass is 364 g/mol. The van der Waals surface area contributed by atoms with Crippen LogP contribution in [-0.2, 0) is 0 Å². The minimum Gasteiger partial charge on any atom is -0.351 e. The molecule has 0 spiro atoms. The van der Waals surface area contributed by atoms with E-state index < -0.39 is 0 Å². The summed E-state index contributed by atoms with van der Waals surface area (Å²) in [5.74, 6) is -0.108. The van der Waals surface area contributed by atoms with Crippen LogP contribution in [0.1, 0.15) is 48.9 Å². The Morgan fingerprint density at radius 2 is 1.88 bits per heavy atom. The number of tetrazole rings is 1. The average molecular weight is 365 g/mol. The summed E-state index contributed by atoms with van der Waals surface area (Å²) >= 11 is 0. The molecule has 0 radical (unpaired) electrons. The SMILES string of the molecule is Cl.O=C(NCCNC1CCCCCC1)c1ccccc1-n1cnnn1. The number of hydrogen-bond acceptors (Lipinski definition) is 5. The lowest BCUT2D eigenvalue weighted by molar-refractivity contribution is 0.0953. The molecule has 1 saturated carbocycles. The third kappa shape index (κ3) is 5.51. The molecule has 1 aliphatic carbocycles. The van der Waals surface area contributed by atoms with E-state index in [1.807, 2.05) is 18.2 Å². The fraction of sp³-hybridized carbons (Fsp3) is 0.529. The highest BCUT2D eigenvalue weighted by Gasteiger charge is 2.14. The van der Waals surface area contributed by atoms with Crippen LogP contribution in [0.4, 0.5) is 0 Å². The maximum absolute atomic E-state index is 12.4. The highest BCUT2D eigenvalue weighted by atomic mass is 35.5. The van der Waals surface area contributed by atoms with Crippen molar-refractivity contribution >= 4 is 18.3 Å². The molecular formula is C17H25ClN6O. The molecule has 136 valence electrons. The van der Waals surface area contributed by atoms with Gasteiger partial charge in [0.15, 0.2) is 0 Å². The Labute approximate surface area is 154 Å². The summed E-state index contributed by atoms with van der Waals surface area (Å²) in [5, 5.41) is 17.6. The van der Waals surface area contributed by atoms with Crippen molar-refractivity contribution < 1.29 is 4.79 Å². The first-order valence-electron chi connectivity index (χ1n) is 8.68. The summed E-state index contributed by atoms with van der Waals surface area (Å²) in [5.41, 5.74) is 1.25. The van der Waals surface area contributed by atoms with Gasteiger partial charge in [-0.15, -0.1) is 17.5 Å². The van der Waals surface area contributed by atoms with E-state index >= 15 is 0 Å². The zero-order chi connectivity index (χ0) is 16.6. The van der Waals surface area contributed by atoms with Gasteiger partial charge in [-0.05, 0) is 35.4 Å². The second-order valence-corrected chi connectivity index (χ2v) is 6.17. The van der Waals surface area contributed by atoms with E-state index in [0.29, 0.717) is 23.8 Å². The van der Waals surface area contributed by atoms with Gasteiger partial charge in [0.2, 0.25) is 0 Å². The number of halogens is 1. The molecule has 0 aliphatic heterocycles. The molecule has 1 fully saturated rings. The maximum Gasteiger partial charge on any atom is 0.253 e. The van der Waals surface area contributed by atoms with Gasteiger partial charge in [0.05, 0.1) is 11.3 Å². The van der Waals surface area contributed by atoms with Crippen molar-refractivity contribution in [2.24, 2.45) is 0 Å². The lowest BCUT2D eigenvalue weighted by Crippen LogP contribution is -2.37. The van der Waals surface area contributed by atoms with Crippen LogP contribution in [0.25, 0.3) is 5.69 Å². The number of benzene rings is 1. The molecule has 2 aromatic rings. The first-order chi connectivity index (χ1) is 11.8. The fourth-order valence-corrected chi connectivity index (χ4v) is 3.17. The summed E-state index contributed by atoms with van der Waals surface area (Å²) in [6.07, 6.45) is 9.30. The van der Waals surface area contributed by atoms with Crippen LogP contribution in [0.5, 0.6) is 0 Å². The van der Waals surface area contributed by atoms with Crippen molar-refractivity contribution in [3.05, 3.63) is 36.2 Å². The normalized spacial score (nSPS) is 15.2. The van der Waals surface area contributed by atoms with E-state index in [1.54, 1.807) is 6.07 Å². The standard InChI is InChI=1S/C17H24N6O.ClH/c24-17(19-12-11-18-14-7-3-1-2-4-8-14)15-9-5-6-10-16(15)23-13-20-21-22-23;/h5-6,9-10,13-14,18H,1-4,7-8,11-12H2,(H,19,24);1H. The largest absolute Gasteiger partial charge is 0.351 e. The van der Waals surface area contributed by atoms with Gasteiger partial charge >= 0.3 is 0 Å². The van der Waals surface area contributed by atoms with Gasteiger partial charge in [-0.1, -0.05) is 37.8 Å². The number of nitrogens with one attached hydrogen (secondary N) is 2. The molecule has 25 heavy (non-hydrogen) atoms. The molecule has 8 heteroatoms. The number of carbonyl (C=O) groups is 1. The van der Waals surface area contributed by atoms with Gasteiger partial charge in [0.1, 0.15) is 6.33 Å². The maximum atomic E-state index is 12.4. The Morgan fingerprint density at radius 1 is 1.12 bits per heavy atom. The van der Waals surface area contributed by atoms with Crippen LogP contribution >= 0.6 is 12.4 Å². The molecule has 1 aromatic carbocycles. The Bertz CT molecular complexity index is 640. The van der Waals surface area contributed by atoms with Crippen molar-refractivity contribution in [2.45, 2.75) is 44.6 Å². The summed E-state index contributed by atoms with van der Waals surface area (Å²) in [7, 11) is 0. The minimum absolute atomic E-state index is 0. The number of amides is 1. The Morgan fingerprint density at radius 3 is 2.60 bits per heavy atom. The molecule has 0 atom stereocenters. The summed E-state index contributed by atoms with van der Waals surface area (Å²) < 4.78 is 1.50. The van der Waals surface area contributed by atoms with Gasteiger partial charge in [0.25, 0.3) is 5.91 Å². The molecule has 1 heterocycles. The molecule has 0 bridgehead atoms. The molecule has 2 N–H and O–H groups in total. The summed E-state index contributed by atoms with van der Waals surface area (Å²) in [4.78, 5) is 12.4. The highest BCUT2D eigenvalue weighted by molar-refractivity contribution is 5.97. The van der Waals surface area contributed by atoms with Crippen LogP contribution in [-0.4, -0.2) is 45.2 Å². The number of nitrogens with zero attached hydrogens (tertiary/aromatic N) is 4. The third-order valence-corrected chi connectivity index (χ3v) is 4.44. The molecule has 1 aromatic heterocycles. The first-order valence-corrected chi connectivity index (χ1v) is 8.68. The van der Waals surface area contributed by atoms with Gasteiger partial charge in [0, 0.05) is 19.1 Å². The first kappa shape index (κ1) is 19.3. The molecule has 0 unspecified atom stereocenters. The van der Waals surface area contributed by atoms with Gasteiger partial charge in [-0.3, -0.25) is 4.79 Å². The van der Waals surface area contributed by atoms with Crippen molar-refractivity contribution in [3.8, 4) is 5.69 Å². The predicted molar refractivity (Wildman–Crippen MR) is 98.2 cm³/mol. The number of carbonyl (C=O) groups excluding carboxylic acids is 1. The van der Waals surface area contributed by atoms with E-state index in [1.165, 1.54) is 49.5 Å². The number of aromatic nitrogens is 4. The summed E-state index contributed by atoms with van der Waals surface area (Å²) in [6.45, 7) is 1.41. The average Bonchev–Trinajstić information content (AvgIpc) is 3.03. The van der Waals surface area contributed by atoms with Crippen molar-refractivity contribution in [2.75, 3.05) is 13.1 Å². The predicted octanol–water partition coefficient (Wildman–Crippen LogP) is 2.13. The van der Waals surface area contributed by atoms with Gasteiger partial charge in [-0.25, -0.2) is 0 Å². The van der Waals surface area contributed by atoms with Crippen LogP contribution in [0.2, 0.25) is 0 Å². The molecule has 3 rings (SSSR count). The fourth-order valence-electron chi connectivity index (χ4n) is 3.17. The molecule has 1 aliphatic rings.